The molecule has 0 fully saturated rings. The number of rotatable bonds is 5. The van der Waals surface area contributed by atoms with Gasteiger partial charge >= 0.3 is 5.97 Å². The van der Waals surface area contributed by atoms with Crippen LogP contribution in [0, 0.1) is 0 Å². The maximum absolute atomic E-state index is 9.84. The highest BCUT2D eigenvalue weighted by atomic mass is 28.3. The lowest BCUT2D eigenvalue weighted by atomic mass is 10.7. The molecule has 0 aliphatic heterocycles. The number of methoxy groups -OCH3 is 1. The van der Waals surface area contributed by atoms with Crippen molar-refractivity contribution in [1.29, 1.82) is 0 Å². The molecule has 17 heavy (non-hydrogen) atoms. The van der Waals surface area contributed by atoms with Crippen molar-refractivity contribution in [2.75, 3.05) is 7.11 Å². The molecule has 0 saturated heterocycles. The molecule has 0 heterocycles. The van der Waals surface area contributed by atoms with E-state index < -0.39 is 14.0 Å². The predicted octanol–water partition coefficient (Wildman–Crippen LogP) is 4.37. The van der Waals surface area contributed by atoms with Crippen LogP contribution in [-0.4, -0.2) is 21.2 Å². The van der Waals surface area contributed by atoms with Crippen molar-refractivity contribution in [3.8, 4) is 0 Å². The molecule has 0 saturated carbocycles. The summed E-state index contributed by atoms with van der Waals surface area (Å²) in [4.78, 5) is 9.84. The molecule has 0 N–H and O–H groups in total. The molecular formula is C14H28O2Si. The van der Waals surface area contributed by atoms with Crippen LogP contribution in [0.25, 0.3) is 0 Å². The second-order valence-corrected chi connectivity index (χ2v) is 8.61. The van der Waals surface area contributed by atoms with Gasteiger partial charge in [-0.1, -0.05) is 45.5 Å². The van der Waals surface area contributed by atoms with Crippen LogP contribution in [0.15, 0.2) is 38.1 Å². The highest BCUT2D eigenvalue weighted by molar-refractivity contribution is 6.84. The van der Waals surface area contributed by atoms with Gasteiger partial charge in [-0.05, 0) is 0 Å². The van der Waals surface area contributed by atoms with Crippen LogP contribution in [0.5, 0.6) is 0 Å². The Balaban J connectivity index is -0.000000213. The van der Waals surface area contributed by atoms with Gasteiger partial charge in [-0.2, -0.15) is 0 Å². The molecule has 0 spiro atoms. The summed E-state index contributed by atoms with van der Waals surface area (Å²) in [6.07, 6.45) is 1.11. The number of hydrogen-bond acceptors (Lipinski definition) is 2. The Bertz CT molecular complexity index is 200. The molecule has 2 nitrogen and oxygen atoms in total. The van der Waals surface area contributed by atoms with Crippen molar-refractivity contribution in [2.45, 2.75) is 38.9 Å². The van der Waals surface area contributed by atoms with Crippen molar-refractivity contribution in [2.24, 2.45) is 0 Å². The summed E-state index contributed by atoms with van der Waals surface area (Å²) in [5.74, 6) is -0.394. The Morgan fingerprint density at radius 1 is 1.12 bits per heavy atom. The van der Waals surface area contributed by atoms with E-state index in [1.807, 2.05) is 0 Å². The van der Waals surface area contributed by atoms with E-state index in [1.165, 1.54) is 25.2 Å². The number of hydrogen-bond donors (Lipinski definition) is 0. The topological polar surface area (TPSA) is 26.3 Å². The number of esters is 1. The zero-order chi connectivity index (χ0) is 14.3. The van der Waals surface area contributed by atoms with E-state index in [4.69, 9.17) is 0 Å². The molecule has 0 aliphatic rings. The van der Waals surface area contributed by atoms with Crippen molar-refractivity contribution in [3.63, 3.8) is 0 Å². The van der Waals surface area contributed by atoms with Crippen molar-refractivity contribution < 1.29 is 9.53 Å². The summed E-state index contributed by atoms with van der Waals surface area (Å²) in [6.45, 7) is 19.9. The van der Waals surface area contributed by atoms with E-state index in [-0.39, 0.29) is 0 Å². The lowest BCUT2D eigenvalue weighted by Crippen LogP contribution is -2.27. The van der Waals surface area contributed by atoms with Gasteiger partial charge in [0.1, 0.15) is 0 Å². The van der Waals surface area contributed by atoms with Crippen molar-refractivity contribution in [3.05, 3.63) is 38.1 Å². The fourth-order valence-electron chi connectivity index (χ4n) is 1.27. The summed E-state index contributed by atoms with van der Waals surface area (Å²) in [5.41, 5.74) is 2.24. The van der Waals surface area contributed by atoms with Gasteiger partial charge in [0, 0.05) is 6.08 Å². The summed E-state index contributed by atoms with van der Waals surface area (Å²) in [7, 11) is 0.382. The second kappa shape index (κ2) is 14.9. The SMILES string of the molecule is C=C.C=CC(=O)OC.C=C[Si](CC)(CC)CC. The quantitative estimate of drug-likeness (QED) is 0.316. The van der Waals surface area contributed by atoms with Gasteiger partial charge in [0.2, 0.25) is 0 Å². The third kappa shape index (κ3) is 11.2. The van der Waals surface area contributed by atoms with Crippen LogP contribution in [0.4, 0.5) is 0 Å². The van der Waals surface area contributed by atoms with Crippen LogP contribution >= 0.6 is 0 Å². The second-order valence-electron chi connectivity index (χ2n) is 3.35. The highest BCUT2D eigenvalue weighted by Crippen LogP contribution is 2.20. The maximum atomic E-state index is 9.84. The summed E-state index contributed by atoms with van der Waals surface area (Å²) in [6, 6.07) is 4.09. The molecule has 0 radical (unpaired) electrons. The van der Waals surface area contributed by atoms with E-state index in [0.717, 1.165) is 6.08 Å². The Hall–Kier alpha value is -1.09. The molecule has 3 heteroatoms. The zero-order valence-electron chi connectivity index (χ0n) is 11.9. The predicted molar refractivity (Wildman–Crippen MR) is 80.9 cm³/mol. The first-order valence-corrected chi connectivity index (χ1v) is 8.59. The number of carbonyl (C=O) groups is 1. The van der Waals surface area contributed by atoms with E-state index in [9.17, 15) is 4.79 Å². The van der Waals surface area contributed by atoms with E-state index >= 15 is 0 Å². The Labute approximate surface area is 108 Å². The first-order chi connectivity index (χ1) is 8.05. The smallest absolute Gasteiger partial charge is 0.329 e. The third-order valence-electron chi connectivity index (χ3n) is 2.91. The fraction of sp³-hybridized carbons (Fsp3) is 0.500. The lowest BCUT2D eigenvalue weighted by molar-refractivity contribution is -0.134. The van der Waals surface area contributed by atoms with Gasteiger partial charge in [-0.25, -0.2) is 4.79 Å². The molecule has 0 rings (SSSR count). The molecule has 0 bridgehead atoms. The Kier molecular flexibility index (Phi) is 18.6. The van der Waals surface area contributed by atoms with Crippen LogP contribution < -0.4 is 0 Å². The monoisotopic (exact) mass is 256 g/mol. The van der Waals surface area contributed by atoms with E-state index in [0.29, 0.717) is 0 Å². The minimum atomic E-state index is -0.927. The van der Waals surface area contributed by atoms with Crippen LogP contribution in [0.1, 0.15) is 20.8 Å². The first-order valence-electron chi connectivity index (χ1n) is 5.89. The van der Waals surface area contributed by atoms with Crippen LogP contribution in [-0.2, 0) is 9.53 Å². The summed E-state index contributed by atoms with van der Waals surface area (Å²) in [5, 5.41) is 0. The van der Waals surface area contributed by atoms with Gasteiger partial charge in [0.15, 0.2) is 0 Å². The molecule has 0 atom stereocenters. The van der Waals surface area contributed by atoms with Crippen LogP contribution in [0.3, 0.4) is 0 Å². The molecule has 0 aromatic heterocycles. The fourth-order valence-corrected chi connectivity index (χ4v) is 3.63. The van der Waals surface area contributed by atoms with Gasteiger partial charge in [0.05, 0.1) is 15.2 Å². The molecule has 0 aliphatic carbocycles. The summed E-state index contributed by atoms with van der Waals surface area (Å²) < 4.78 is 4.14. The third-order valence-corrected chi connectivity index (χ3v) is 8.00. The molecule has 0 unspecified atom stereocenters. The zero-order valence-corrected chi connectivity index (χ0v) is 12.9. The standard InChI is InChI=1S/C8H18Si.C4H6O2.C2H4/c1-5-9(6-2,7-3)8-4;1-3-4(5)6-2;1-2/h5H,1,6-8H2,2-4H3;3H,1H2,2H3;1-2H2. The van der Waals surface area contributed by atoms with Gasteiger partial charge < -0.3 is 4.74 Å². The number of ether oxygens (including phenoxy) is 1. The molecule has 100 valence electrons. The normalized spacial score (nSPS) is 8.71. The average Bonchev–Trinajstić information content (AvgIpc) is 2.44. The lowest BCUT2D eigenvalue weighted by Gasteiger charge is -2.22. The largest absolute Gasteiger partial charge is 0.466 e. The minimum Gasteiger partial charge on any atom is -0.466 e. The van der Waals surface area contributed by atoms with Crippen LogP contribution in [0.2, 0.25) is 18.1 Å². The maximum Gasteiger partial charge on any atom is 0.329 e. The van der Waals surface area contributed by atoms with Crippen molar-refractivity contribution >= 4 is 14.0 Å². The van der Waals surface area contributed by atoms with E-state index in [1.54, 1.807) is 0 Å². The summed E-state index contributed by atoms with van der Waals surface area (Å²) >= 11 is 0. The molecule has 0 aromatic rings. The average molecular weight is 256 g/mol. The molecular weight excluding hydrogens is 228 g/mol. The van der Waals surface area contributed by atoms with E-state index in [2.05, 4.69) is 57.5 Å². The van der Waals surface area contributed by atoms with Gasteiger partial charge in [0.25, 0.3) is 0 Å². The minimum absolute atomic E-state index is 0.394. The number of carbonyl (C=O) groups excluding carboxylic acids is 1. The molecule has 0 amide bonds. The van der Waals surface area contributed by atoms with Gasteiger partial charge in [-0.3, -0.25) is 0 Å². The highest BCUT2D eigenvalue weighted by Gasteiger charge is 2.21. The van der Waals surface area contributed by atoms with Crippen molar-refractivity contribution in [1.82, 2.24) is 0 Å². The Morgan fingerprint density at radius 2 is 1.47 bits per heavy atom. The first kappa shape index (κ1) is 21.2. The molecule has 0 aromatic carbocycles. The van der Waals surface area contributed by atoms with Gasteiger partial charge in [-0.15, -0.1) is 25.4 Å². The Morgan fingerprint density at radius 3 is 1.47 bits per heavy atom.